The number of anilines is 1. The molecule has 0 bridgehead atoms. The zero-order chi connectivity index (χ0) is 23.8. The van der Waals surface area contributed by atoms with E-state index in [4.69, 9.17) is 9.47 Å². The van der Waals surface area contributed by atoms with Crippen molar-refractivity contribution in [2.75, 3.05) is 38.8 Å². The minimum absolute atomic E-state index is 0.0879. The van der Waals surface area contributed by atoms with Crippen LogP contribution >= 0.6 is 0 Å². The van der Waals surface area contributed by atoms with E-state index in [0.717, 1.165) is 49.5 Å². The molecule has 1 aliphatic heterocycles. The second kappa shape index (κ2) is 11.3. The Kier molecular flexibility index (Phi) is 7.99. The van der Waals surface area contributed by atoms with Gasteiger partial charge in [-0.3, -0.25) is 9.69 Å². The topological polar surface area (TPSA) is 42.0 Å². The lowest BCUT2D eigenvalue weighted by atomic mass is 9.84. The first-order valence-corrected chi connectivity index (χ1v) is 11.9. The molecule has 0 N–H and O–H groups in total. The van der Waals surface area contributed by atoms with Gasteiger partial charge in [0.15, 0.2) is 0 Å². The van der Waals surface area contributed by atoms with Crippen molar-refractivity contribution in [2.24, 2.45) is 0 Å². The number of methoxy groups -OCH3 is 2. The van der Waals surface area contributed by atoms with Gasteiger partial charge in [0.25, 0.3) is 0 Å². The van der Waals surface area contributed by atoms with E-state index in [1.165, 1.54) is 5.56 Å². The number of rotatable bonds is 9. The van der Waals surface area contributed by atoms with Crippen LogP contribution in [0.1, 0.15) is 24.0 Å². The van der Waals surface area contributed by atoms with Gasteiger partial charge in [-0.05, 0) is 48.2 Å². The van der Waals surface area contributed by atoms with E-state index in [-0.39, 0.29) is 11.4 Å². The van der Waals surface area contributed by atoms with Gasteiger partial charge in [-0.25, -0.2) is 0 Å². The molecule has 178 valence electrons. The van der Waals surface area contributed by atoms with Gasteiger partial charge >= 0.3 is 0 Å². The molecule has 1 aliphatic rings. The molecular formula is C29H34N2O3. The number of hydrogen-bond acceptors (Lipinski definition) is 4. The molecule has 3 aromatic carbocycles. The number of ether oxygens (including phenoxy) is 2. The summed E-state index contributed by atoms with van der Waals surface area (Å²) in [6.07, 6.45) is 2.05. The Morgan fingerprint density at radius 2 is 1.47 bits per heavy atom. The number of benzene rings is 3. The zero-order valence-corrected chi connectivity index (χ0v) is 20.2. The fraction of sp³-hybridized carbons (Fsp3) is 0.345. The van der Waals surface area contributed by atoms with E-state index in [0.29, 0.717) is 13.0 Å². The lowest BCUT2D eigenvalue weighted by Crippen LogP contribution is -2.60. The molecule has 0 saturated carbocycles. The third-order valence-corrected chi connectivity index (χ3v) is 6.70. The highest BCUT2D eigenvalue weighted by Gasteiger charge is 2.43. The minimum atomic E-state index is -0.382. The Morgan fingerprint density at radius 3 is 2.06 bits per heavy atom. The van der Waals surface area contributed by atoms with Crippen LogP contribution in [-0.2, 0) is 22.5 Å². The zero-order valence-electron chi connectivity index (χ0n) is 20.2. The van der Waals surface area contributed by atoms with Gasteiger partial charge < -0.3 is 14.4 Å². The van der Waals surface area contributed by atoms with Crippen LogP contribution in [0.15, 0.2) is 84.9 Å². The first-order valence-electron chi connectivity index (χ1n) is 11.9. The predicted molar refractivity (Wildman–Crippen MR) is 136 cm³/mol. The summed E-state index contributed by atoms with van der Waals surface area (Å²) in [5, 5.41) is 0. The smallest absolute Gasteiger partial charge is 0.232 e. The first-order chi connectivity index (χ1) is 16.6. The maximum absolute atomic E-state index is 13.8. The summed E-state index contributed by atoms with van der Waals surface area (Å²) in [6.45, 7) is 3.26. The molecule has 3 aromatic rings. The highest BCUT2D eigenvalue weighted by Crippen LogP contribution is 2.35. The molecule has 0 aromatic heterocycles. The van der Waals surface area contributed by atoms with E-state index in [2.05, 4.69) is 35.2 Å². The second-order valence-electron chi connectivity index (χ2n) is 9.01. The van der Waals surface area contributed by atoms with Gasteiger partial charge in [0.2, 0.25) is 5.91 Å². The maximum atomic E-state index is 13.8. The number of piperidine rings is 1. The molecule has 1 fully saturated rings. The Hall–Kier alpha value is -3.15. The Labute approximate surface area is 202 Å². The normalized spacial score (nSPS) is 15.6. The van der Waals surface area contributed by atoms with Crippen molar-refractivity contribution in [3.05, 3.63) is 96.1 Å². The molecule has 1 saturated heterocycles. The average molecular weight is 459 g/mol. The highest BCUT2D eigenvalue weighted by molar-refractivity contribution is 5.96. The summed E-state index contributed by atoms with van der Waals surface area (Å²) >= 11 is 0. The fourth-order valence-corrected chi connectivity index (χ4v) is 4.93. The number of para-hydroxylation sites is 1. The van der Waals surface area contributed by atoms with Crippen molar-refractivity contribution < 1.29 is 14.3 Å². The molecule has 0 unspecified atom stereocenters. The molecule has 1 amide bonds. The molecule has 0 spiro atoms. The Morgan fingerprint density at radius 1 is 0.853 bits per heavy atom. The monoisotopic (exact) mass is 458 g/mol. The van der Waals surface area contributed by atoms with Gasteiger partial charge in [-0.2, -0.15) is 0 Å². The van der Waals surface area contributed by atoms with Gasteiger partial charge in [-0.15, -0.1) is 0 Å². The summed E-state index contributed by atoms with van der Waals surface area (Å²) in [7, 11) is 3.38. The number of likely N-dealkylation sites (tertiary alicyclic amines) is 1. The van der Waals surface area contributed by atoms with E-state index in [9.17, 15) is 4.79 Å². The molecule has 1 heterocycles. The van der Waals surface area contributed by atoms with Crippen molar-refractivity contribution in [1.82, 2.24) is 4.90 Å². The third kappa shape index (κ3) is 5.66. The first kappa shape index (κ1) is 24.0. The van der Waals surface area contributed by atoms with Gasteiger partial charge in [-0.1, -0.05) is 60.7 Å². The van der Waals surface area contributed by atoms with Crippen molar-refractivity contribution in [2.45, 2.75) is 31.3 Å². The van der Waals surface area contributed by atoms with Crippen LogP contribution in [0.4, 0.5) is 5.69 Å². The molecule has 0 atom stereocenters. The van der Waals surface area contributed by atoms with E-state index < -0.39 is 0 Å². The van der Waals surface area contributed by atoms with Crippen molar-refractivity contribution >= 4 is 11.6 Å². The van der Waals surface area contributed by atoms with Crippen LogP contribution in [0.25, 0.3) is 0 Å². The van der Waals surface area contributed by atoms with E-state index >= 15 is 0 Å². The van der Waals surface area contributed by atoms with E-state index in [1.54, 1.807) is 14.2 Å². The van der Waals surface area contributed by atoms with Gasteiger partial charge in [0, 0.05) is 32.4 Å². The SMILES string of the molecule is COCC1(N(C(=O)Cc2ccc(OC)cc2)c2ccccc2)CCN(Cc2ccccc2)CC1. The quantitative estimate of drug-likeness (QED) is 0.455. The Bertz CT molecular complexity index is 1030. The highest BCUT2D eigenvalue weighted by atomic mass is 16.5. The number of hydrogen-bond donors (Lipinski definition) is 0. The number of amides is 1. The average Bonchev–Trinajstić information content (AvgIpc) is 2.87. The number of carbonyl (C=O) groups excluding carboxylic acids is 1. The Balaban J connectivity index is 1.57. The summed E-state index contributed by atoms with van der Waals surface area (Å²) in [5.41, 5.74) is 2.83. The van der Waals surface area contributed by atoms with Crippen LogP contribution < -0.4 is 9.64 Å². The summed E-state index contributed by atoms with van der Waals surface area (Å²) < 4.78 is 11.0. The van der Waals surface area contributed by atoms with Gasteiger partial charge in [0.05, 0.1) is 25.7 Å². The van der Waals surface area contributed by atoms with Crippen LogP contribution in [-0.4, -0.2) is 50.3 Å². The van der Waals surface area contributed by atoms with Gasteiger partial charge in [0.1, 0.15) is 5.75 Å². The standard InChI is InChI=1S/C29H34N2O3/c1-33-23-29(17-19-30(20-18-29)22-25-9-5-3-6-10-25)31(26-11-7-4-8-12-26)28(32)21-24-13-15-27(34-2)16-14-24/h3-16H,17-23H2,1-2H3. The molecule has 5 heteroatoms. The van der Waals surface area contributed by atoms with Crippen molar-refractivity contribution in [3.63, 3.8) is 0 Å². The maximum Gasteiger partial charge on any atom is 0.232 e. The molecular weight excluding hydrogens is 424 g/mol. The summed E-state index contributed by atoms with van der Waals surface area (Å²) in [4.78, 5) is 18.3. The second-order valence-corrected chi connectivity index (χ2v) is 9.01. The van der Waals surface area contributed by atoms with Crippen molar-refractivity contribution in [1.29, 1.82) is 0 Å². The molecule has 5 nitrogen and oxygen atoms in total. The predicted octanol–water partition coefficient (Wildman–Crippen LogP) is 4.95. The number of carbonyl (C=O) groups is 1. The van der Waals surface area contributed by atoms with Crippen molar-refractivity contribution in [3.8, 4) is 5.75 Å². The summed E-state index contributed by atoms with van der Waals surface area (Å²) in [5.74, 6) is 0.877. The third-order valence-electron chi connectivity index (χ3n) is 6.70. The van der Waals surface area contributed by atoms with Crippen LogP contribution in [0.2, 0.25) is 0 Å². The lowest BCUT2D eigenvalue weighted by molar-refractivity contribution is -0.120. The van der Waals surface area contributed by atoms with E-state index in [1.807, 2.05) is 59.5 Å². The fourth-order valence-electron chi connectivity index (χ4n) is 4.93. The summed E-state index contributed by atoms with van der Waals surface area (Å²) in [6, 6.07) is 28.3. The molecule has 34 heavy (non-hydrogen) atoms. The lowest BCUT2D eigenvalue weighted by Gasteiger charge is -2.48. The minimum Gasteiger partial charge on any atom is -0.497 e. The number of nitrogens with zero attached hydrogens (tertiary/aromatic N) is 2. The van der Waals surface area contributed by atoms with Crippen LogP contribution in [0.3, 0.4) is 0 Å². The van der Waals surface area contributed by atoms with Crippen LogP contribution in [0.5, 0.6) is 5.75 Å². The van der Waals surface area contributed by atoms with Crippen LogP contribution in [0, 0.1) is 0 Å². The largest absolute Gasteiger partial charge is 0.497 e. The molecule has 4 rings (SSSR count). The molecule has 0 radical (unpaired) electrons. The molecule has 0 aliphatic carbocycles.